The maximum Gasteiger partial charge on any atom is 0.324 e. The van der Waals surface area contributed by atoms with Crippen molar-refractivity contribution in [3.05, 3.63) is 0 Å². The van der Waals surface area contributed by atoms with Crippen molar-refractivity contribution >= 4 is 5.97 Å². The molecular formula is C18H33NO2. The average Bonchev–Trinajstić information content (AvgIpc) is 2.45. The Labute approximate surface area is 129 Å². The van der Waals surface area contributed by atoms with Gasteiger partial charge < -0.3 is 5.11 Å². The van der Waals surface area contributed by atoms with Gasteiger partial charge in [0.1, 0.15) is 5.54 Å². The zero-order valence-corrected chi connectivity index (χ0v) is 14.0. The fourth-order valence-corrected chi connectivity index (χ4v) is 4.70. The van der Waals surface area contributed by atoms with Gasteiger partial charge in [-0.3, -0.25) is 10.1 Å². The van der Waals surface area contributed by atoms with E-state index in [2.05, 4.69) is 26.1 Å². The summed E-state index contributed by atoms with van der Waals surface area (Å²) in [5.41, 5.74) is -0.720. The predicted octanol–water partition coefficient (Wildman–Crippen LogP) is 4.21. The van der Waals surface area contributed by atoms with Crippen LogP contribution in [0.3, 0.4) is 0 Å². The van der Waals surface area contributed by atoms with Crippen LogP contribution in [0.5, 0.6) is 0 Å². The number of hydrogen-bond acceptors (Lipinski definition) is 2. The van der Waals surface area contributed by atoms with Gasteiger partial charge in [-0.05, 0) is 43.4 Å². The molecule has 2 fully saturated rings. The standard InChI is InChI=1S/C18H33NO2/c1-13(2)18(17(20)21,15-9-5-4-6-10-15)19-16-11-7-8-14(3)12-16/h13-16,19H,4-12H2,1-3H3,(H,20,21)/t14?,16?,18-/m0/s1. The summed E-state index contributed by atoms with van der Waals surface area (Å²) in [6.45, 7) is 6.47. The third kappa shape index (κ3) is 3.61. The largest absolute Gasteiger partial charge is 0.480 e. The quantitative estimate of drug-likeness (QED) is 0.798. The molecule has 2 rings (SSSR count). The van der Waals surface area contributed by atoms with Crippen LogP contribution in [-0.4, -0.2) is 22.7 Å². The van der Waals surface area contributed by atoms with Crippen LogP contribution in [0.25, 0.3) is 0 Å². The van der Waals surface area contributed by atoms with E-state index in [9.17, 15) is 9.90 Å². The molecule has 3 nitrogen and oxygen atoms in total. The van der Waals surface area contributed by atoms with E-state index in [4.69, 9.17) is 0 Å². The lowest BCUT2D eigenvalue weighted by atomic mass is 9.68. The van der Waals surface area contributed by atoms with Crippen LogP contribution in [0.15, 0.2) is 0 Å². The molecule has 0 saturated heterocycles. The molecule has 0 aromatic rings. The number of carbonyl (C=O) groups is 1. The van der Waals surface area contributed by atoms with Crippen LogP contribution < -0.4 is 5.32 Å². The van der Waals surface area contributed by atoms with Crippen molar-refractivity contribution in [1.82, 2.24) is 5.32 Å². The van der Waals surface area contributed by atoms with Gasteiger partial charge in [0.2, 0.25) is 0 Å². The summed E-state index contributed by atoms with van der Waals surface area (Å²) < 4.78 is 0. The first kappa shape index (κ1) is 16.8. The highest BCUT2D eigenvalue weighted by Gasteiger charge is 2.49. The van der Waals surface area contributed by atoms with Crippen LogP contribution in [0.4, 0.5) is 0 Å². The summed E-state index contributed by atoms with van der Waals surface area (Å²) in [5, 5.41) is 13.7. The molecule has 0 aromatic carbocycles. The van der Waals surface area contributed by atoms with E-state index in [1.165, 1.54) is 32.1 Å². The summed E-state index contributed by atoms with van der Waals surface area (Å²) in [7, 11) is 0. The molecule has 3 atom stereocenters. The van der Waals surface area contributed by atoms with Crippen molar-refractivity contribution < 1.29 is 9.90 Å². The number of carboxylic acids is 1. The second kappa shape index (κ2) is 7.13. The van der Waals surface area contributed by atoms with E-state index < -0.39 is 11.5 Å². The minimum atomic E-state index is -0.720. The number of nitrogens with one attached hydrogen (secondary N) is 1. The Balaban J connectivity index is 2.19. The van der Waals surface area contributed by atoms with Crippen molar-refractivity contribution in [2.24, 2.45) is 17.8 Å². The molecule has 0 aromatic heterocycles. The molecule has 0 aliphatic heterocycles. The van der Waals surface area contributed by atoms with Crippen LogP contribution in [0.1, 0.15) is 78.6 Å². The van der Waals surface area contributed by atoms with Crippen molar-refractivity contribution in [1.29, 1.82) is 0 Å². The zero-order valence-electron chi connectivity index (χ0n) is 14.0. The normalized spacial score (nSPS) is 31.0. The molecule has 122 valence electrons. The smallest absolute Gasteiger partial charge is 0.324 e. The van der Waals surface area contributed by atoms with E-state index in [0.717, 1.165) is 31.6 Å². The lowest BCUT2D eigenvalue weighted by Crippen LogP contribution is -2.64. The van der Waals surface area contributed by atoms with Crippen molar-refractivity contribution in [2.45, 2.75) is 90.1 Å². The zero-order chi connectivity index (χ0) is 15.5. The summed E-state index contributed by atoms with van der Waals surface area (Å²) >= 11 is 0. The maximum atomic E-state index is 12.3. The van der Waals surface area contributed by atoms with Gasteiger partial charge in [-0.25, -0.2) is 0 Å². The average molecular weight is 295 g/mol. The minimum absolute atomic E-state index is 0.135. The molecular weight excluding hydrogens is 262 g/mol. The van der Waals surface area contributed by atoms with E-state index in [1.54, 1.807) is 0 Å². The van der Waals surface area contributed by atoms with E-state index in [-0.39, 0.29) is 5.92 Å². The van der Waals surface area contributed by atoms with Gasteiger partial charge in [-0.1, -0.05) is 52.9 Å². The molecule has 3 heteroatoms. The Hall–Kier alpha value is -0.570. The van der Waals surface area contributed by atoms with Crippen LogP contribution >= 0.6 is 0 Å². The van der Waals surface area contributed by atoms with Crippen LogP contribution in [0.2, 0.25) is 0 Å². The fourth-order valence-electron chi connectivity index (χ4n) is 4.70. The second-order valence-corrected chi connectivity index (χ2v) is 7.78. The van der Waals surface area contributed by atoms with Crippen molar-refractivity contribution in [2.75, 3.05) is 0 Å². The van der Waals surface area contributed by atoms with Crippen molar-refractivity contribution in [3.8, 4) is 0 Å². The predicted molar refractivity (Wildman–Crippen MR) is 86.3 cm³/mol. The molecule has 2 saturated carbocycles. The number of hydrogen-bond donors (Lipinski definition) is 2. The Morgan fingerprint density at radius 1 is 1.10 bits per heavy atom. The van der Waals surface area contributed by atoms with Gasteiger partial charge in [0.25, 0.3) is 0 Å². The lowest BCUT2D eigenvalue weighted by Gasteiger charge is -2.46. The third-order valence-corrected chi connectivity index (χ3v) is 5.89. The highest BCUT2D eigenvalue weighted by molar-refractivity contribution is 5.79. The molecule has 0 radical (unpaired) electrons. The van der Waals surface area contributed by atoms with E-state index >= 15 is 0 Å². The first-order valence-electron chi connectivity index (χ1n) is 8.98. The van der Waals surface area contributed by atoms with Gasteiger partial charge >= 0.3 is 5.97 Å². The first-order valence-corrected chi connectivity index (χ1v) is 8.98. The molecule has 0 bridgehead atoms. The molecule has 2 N–H and O–H groups in total. The number of aliphatic carboxylic acids is 1. The van der Waals surface area contributed by atoms with Crippen LogP contribution in [0, 0.1) is 17.8 Å². The number of carboxylic acid groups (broad SMARTS) is 1. The molecule has 2 aliphatic rings. The van der Waals surface area contributed by atoms with E-state index in [0.29, 0.717) is 12.0 Å². The summed E-state index contributed by atoms with van der Waals surface area (Å²) in [6.07, 6.45) is 10.6. The highest BCUT2D eigenvalue weighted by atomic mass is 16.4. The Morgan fingerprint density at radius 2 is 1.76 bits per heavy atom. The molecule has 0 heterocycles. The SMILES string of the molecule is CC1CCCC(N[C@@](C(=O)O)(C(C)C)C2CCCCC2)C1. The van der Waals surface area contributed by atoms with Gasteiger partial charge in [-0.2, -0.15) is 0 Å². The number of rotatable bonds is 5. The van der Waals surface area contributed by atoms with Gasteiger partial charge in [-0.15, -0.1) is 0 Å². The lowest BCUT2D eigenvalue weighted by molar-refractivity contribution is -0.152. The third-order valence-electron chi connectivity index (χ3n) is 5.89. The molecule has 21 heavy (non-hydrogen) atoms. The van der Waals surface area contributed by atoms with Gasteiger partial charge in [0, 0.05) is 6.04 Å². The summed E-state index contributed by atoms with van der Waals surface area (Å²) in [4.78, 5) is 12.3. The molecule has 0 amide bonds. The summed E-state index contributed by atoms with van der Waals surface area (Å²) in [6, 6.07) is 0.383. The van der Waals surface area contributed by atoms with Crippen LogP contribution in [-0.2, 0) is 4.79 Å². The molecule has 0 spiro atoms. The monoisotopic (exact) mass is 295 g/mol. The van der Waals surface area contributed by atoms with E-state index in [1.807, 2.05) is 0 Å². The summed E-state index contributed by atoms with van der Waals surface area (Å²) in [5.74, 6) is 0.528. The molecule has 2 unspecified atom stereocenters. The first-order chi connectivity index (χ1) is 9.96. The highest BCUT2D eigenvalue weighted by Crippen LogP contribution is 2.39. The fraction of sp³-hybridized carbons (Fsp3) is 0.944. The Kier molecular flexibility index (Phi) is 5.70. The topological polar surface area (TPSA) is 49.3 Å². The minimum Gasteiger partial charge on any atom is -0.480 e. The Bertz CT molecular complexity index is 349. The van der Waals surface area contributed by atoms with Gasteiger partial charge in [0.15, 0.2) is 0 Å². The second-order valence-electron chi connectivity index (χ2n) is 7.78. The van der Waals surface area contributed by atoms with Gasteiger partial charge in [0.05, 0.1) is 0 Å². The molecule has 2 aliphatic carbocycles. The Morgan fingerprint density at radius 3 is 2.29 bits per heavy atom. The maximum absolute atomic E-state index is 12.3. The van der Waals surface area contributed by atoms with Crippen molar-refractivity contribution in [3.63, 3.8) is 0 Å².